The van der Waals surface area contributed by atoms with Gasteiger partial charge in [-0.2, -0.15) is 0 Å². The molecule has 0 radical (unpaired) electrons. The quantitative estimate of drug-likeness (QED) is 0.831. The third kappa shape index (κ3) is 3.62. The van der Waals surface area contributed by atoms with E-state index in [1.54, 1.807) is 11.8 Å². The van der Waals surface area contributed by atoms with E-state index in [9.17, 15) is 4.79 Å². The summed E-state index contributed by atoms with van der Waals surface area (Å²) >= 11 is 1.56. The number of nitrogens with two attached hydrogens (primary N) is 1. The molecule has 0 aliphatic rings. The maximum absolute atomic E-state index is 12.2. The zero-order valence-electron chi connectivity index (χ0n) is 11.4. The van der Waals surface area contributed by atoms with Gasteiger partial charge in [-0.1, -0.05) is 42.5 Å². The fourth-order valence-corrected chi connectivity index (χ4v) is 2.54. The van der Waals surface area contributed by atoms with Crippen molar-refractivity contribution in [1.29, 1.82) is 0 Å². The van der Waals surface area contributed by atoms with Crippen molar-refractivity contribution in [2.45, 2.75) is 10.9 Å². The Balaban J connectivity index is 1.99. The van der Waals surface area contributed by atoms with E-state index in [1.165, 1.54) is 0 Å². The molecular formula is C16H18N2OS. The smallest absolute Gasteiger partial charge is 0.252 e. The highest BCUT2D eigenvalue weighted by atomic mass is 32.2. The summed E-state index contributed by atoms with van der Waals surface area (Å²) in [4.78, 5) is 13.2. The summed E-state index contributed by atoms with van der Waals surface area (Å²) in [5.41, 5.74) is 7.79. The molecular weight excluding hydrogens is 268 g/mol. The number of carbonyl (C=O) groups excluding carboxylic acids is 1. The first-order valence-electron chi connectivity index (χ1n) is 6.44. The molecule has 0 aliphatic heterocycles. The van der Waals surface area contributed by atoms with Crippen LogP contribution in [-0.4, -0.2) is 18.7 Å². The summed E-state index contributed by atoms with van der Waals surface area (Å²) in [6.45, 7) is 0.422. The van der Waals surface area contributed by atoms with Crippen LogP contribution in [0.3, 0.4) is 0 Å². The molecule has 0 fully saturated rings. The molecule has 104 valence electrons. The van der Waals surface area contributed by atoms with Gasteiger partial charge in [-0.25, -0.2) is 0 Å². The molecule has 2 aromatic carbocycles. The Morgan fingerprint density at radius 3 is 2.50 bits per heavy atom. The number of benzene rings is 2. The number of hydrogen-bond acceptors (Lipinski definition) is 3. The van der Waals surface area contributed by atoms with Gasteiger partial charge in [0, 0.05) is 17.5 Å². The molecule has 3 N–H and O–H groups in total. The molecule has 20 heavy (non-hydrogen) atoms. The maximum atomic E-state index is 12.2. The lowest BCUT2D eigenvalue weighted by Gasteiger charge is -2.14. The standard InChI is InChI=1S/C16H18N2OS/c1-20-15-10-6-5-9-13(15)16(19)18-11-14(17)12-7-3-2-4-8-12/h2-10,14H,11,17H2,1H3,(H,18,19). The molecule has 0 aliphatic carbocycles. The summed E-state index contributed by atoms with van der Waals surface area (Å²) in [6, 6.07) is 17.1. The van der Waals surface area contributed by atoms with Crippen LogP contribution in [0.25, 0.3) is 0 Å². The second-order valence-electron chi connectivity index (χ2n) is 4.43. The molecule has 1 amide bonds. The lowest BCUT2D eigenvalue weighted by atomic mass is 10.1. The van der Waals surface area contributed by atoms with Gasteiger partial charge in [0.1, 0.15) is 0 Å². The third-order valence-electron chi connectivity index (χ3n) is 3.06. The van der Waals surface area contributed by atoms with Crippen LogP contribution in [0.5, 0.6) is 0 Å². The van der Waals surface area contributed by atoms with Gasteiger partial charge in [0.25, 0.3) is 5.91 Å². The fraction of sp³-hybridized carbons (Fsp3) is 0.188. The summed E-state index contributed by atoms with van der Waals surface area (Å²) in [5.74, 6) is -0.0821. The minimum absolute atomic E-state index is 0.0821. The summed E-state index contributed by atoms with van der Waals surface area (Å²) in [6.07, 6.45) is 1.96. The number of nitrogens with one attached hydrogen (secondary N) is 1. The largest absolute Gasteiger partial charge is 0.350 e. The van der Waals surface area contributed by atoms with Crippen LogP contribution in [0, 0.1) is 0 Å². The molecule has 1 unspecified atom stereocenters. The van der Waals surface area contributed by atoms with Crippen LogP contribution in [-0.2, 0) is 0 Å². The van der Waals surface area contributed by atoms with Crippen molar-refractivity contribution in [2.24, 2.45) is 5.73 Å². The van der Waals surface area contributed by atoms with Gasteiger partial charge in [-0.15, -0.1) is 11.8 Å². The lowest BCUT2D eigenvalue weighted by molar-refractivity contribution is 0.0948. The van der Waals surface area contributed by atoms with Gasteiger partial charge in [-0.05, 0) is 24.0 Å². The van der Waals surface area contributed by atoms with Crippen molar-refractivity contribution < 1.29 is 4.79 Å². The van der Waals surface area contributed by atoms with Crippen molar-refractivity contribution in [3.63, 3.8) is 0 Å². The first-order chi connectivity index (χ1) is 9.72. The molecule has 1 atom stereocenters. The van der Waals surface area contributed by atoms with E-state index in [2.05, 4.69) is 5.32 Å². The van der Waals surface area contributed by atoms with E-state index in [-0.39, 0.29) is 11.9 Å². The Hall–Kier alpha value is -1.78. The molecule has 0 heterocycles. The first kappa shape index (κ1) is 14.6. The molecule has 0 saturated carbocycles. The Morgan fingerprint density at radius 1 is 1.15 bits per heavy atom. The van der Waals surface area contributed by atoms with Crippen molar-refractivity contribution in [2.75, 3.05) is 12.8 Å². The van der Waals surface area contributed by atoms with Crippen LogP contribution < -0.4 is 11.1 Å². The predicted octanol–water partition coefficient (Wildman–Crippen LogP) is 2.84. The van der Waals surface area contributed by atoms with Crippen molar-refractivity contribution in [1.82, 2.24) is 5.32 Å². The number of hydrogen-bond donors (Lipinski definition) is 2. The van der Waals surface area contributed by atoms with Gasteiger partial charge in [0.05, 0.1) is 5.56 Å². The number of amides is 1. The highest BCUT2D eigenvalue weighted by Crippen LogP contribution is 2.19. The highest BCUT2D eigenvalue weighted by molar-refractivity contribution is 7.98. The minimum atomic E-state index is -0.193. The van der Waals surface area contributed by atoms with Gasteiger partial charge < -0.3 is 11.1 Å². The second kappa shape index (κ2) is 7.12. The van der Waals surface area contributed by atoms with Crippen molar-refractivity contribution in [3.8, 4) is 0 Å². The molecule has 3 nitrogen and oxygen atoms in total. The lowest BCUT2D eigenvalue weighted by Crippen LogP contribution is -2.32. The van der Waals surface area contributed by atoms with E-state index in [4.69, 9.17) is 5.73 Å². The number of thioether (sulfide) groups is 1. The Kier molecular flexibility index (Phi) is 5.21. The van der Waals surface area contributed by atoms with Crippen molar-refractivity contribution >= 4 is 17.7 Å². The molecule has 4 heteroatoms. The van der Waals surface area contributed by atoms with Crippen LogP contribution in [0.15, 0.2) is 59.5 Å². The maximum Gasteiger partial charge on any atom is 0.252 e. The van der Waals surface area contributed by atoms with Gasteiger partial charge in [-0.3, -0.25) is 4.79 Å². The number of rotatable bonds is 5. The SMILES string of the molecule is CSc1ccccc1C(=O)NCC(N)c1ccccc1. The van der Waals surface area contributed by atoms with Crippen LogP contribution in [0.2, 0.25) is 0 Å². The van der Waals surface area contributed by atoms with E-state index in [0.717, 1.165) is 10.5 Å². The minimum Gasteiger partial charge on any atom is -0.350 e. The van der Waals surface area contributed by atoms with Crippen LogP contribution in [0.1, 0.15) is 22.0 Å². The zero-order valence-corrected chi connectivity index (χ0v) is 12.2. The zero-order chi connectivity index (χ0) is 14.4. The topological polar surface area (TPSA) is 55.1 Å². The van der Waals surface area contributed by atoms with E-state index in [0.29, 0.717) is 12.1 Å². The normalized spacial score (nSPS) is 11.9. The molecule has 0 bridgehead atoms. The predicted molar refractivity (Wildman–Crippen MR) is 83.9 cm³/mol. The summed E-state index contributed by atoms with van der Waals surface area (Å²) < 4.78 is 0. The fourth-order valence-electron chi connectivity index (χ4n) is 1.95. The molecule has 0 spiro atoms. The monoisotopic (exact) mass is 286 g/mol. The Labute approximate surface area is 123 Å². The second-order valence-corrected chi connectivity index (χ2v) is 5.28. The van der Waals surface area contributed by atoms with Gasteiger partial charge in [0.2, 0.25) is 0 Å². The first-order valence-corrected chi connectivity index (χ1v) is 7.66. The van der Waals surface area contributed by atoms with E-state index >= 15 is 0 Å². The average Bonchev–Trinajstić information content (AvgIpc) is 2.53. The Morgan fingerprint density at radius 2 is 1.80 bits per heavy atom. The van der Waals surface area contributed by atoms with Gasteiger partial charge >= 0.3 is 0 Å². The van der Waals surface area contributed by atoms with Crippen molar-refractivity contribution in [3.05, 3.63) is 65.7 Å². The molecule has 0 aromatic heterocycles. The summed E-state index contributed by atoms with van der Waals surface area (Å²) in [7, 11) is 0. The molecule has 2 aromatic rings. The third-order valence-corrected chi connectivity index (χ3v) is 3.86. The van der Waals surface area contributed by atoms with Crippen LogP contribution in [0.4, 0.5) is 0 Å². The summed E-state index contributed by atoms with van der Waals surface area (Å²) in [5, 5.41) is 2.89. The van der Waals surface area contributed by atoms with E-state index in [1.807, 2.05) is 60.9 Å². The van der Waals surface area contributed by atoms with Crippen LogP contribution >= 0.6 is 11.8 Å². The molecule has 2 rings (SSSR count). The van der Waals surface area contributed by atoms with Gasteiger partial charge in [0.15, 0.2) is 0 Å². The highest BCUT2D eigenvalue weighted by Gasteiger charge is 2.12. The molecule has 0 saturated heterocycles. The van der Waals surface area contributed by atoms with E-state index < -0.39 is 0 Å². The average molecular weight is 286 g/mol. The number of carbonyl (C=O) groups is 1. The Bertz CT molecular complexity index is 572.